The Morgan fingerprint density at radius 2 is 2.50 bits per heavy atom. The average molecular weight is 170 g/mol. The maximum Gasteiger partial charge on any atom is 0.157 e. The van der Waals surface area contributed by atoms with Crippen molar-refractivity contribution in [3.05, 3.63) is 12.3 Å². The minimum absolute atomic E-state index is 0.0719. The van der Waals surface area contributed by atoms with E-state index in [9.17, 15) is 4.79 Å². The SMILES string of the molecule is CN1CC=CN(CCO)C1C=O. The maximum atomic E-state index is 10.7. The number of carbonyl (C=O) groups excluding carboxylic acids is 1. The third-order valence-corrected chi connectivity index (χ3v) is 1.96. The Labute approximate surface area is 72.1 Å². The smallest absolute Gasteiger partial charge is 0.157 e. The van der Waals surface area contributed by atoms with E-state index in [1.165, 1.54) is 0 Å². The highest BCUT2D eigenvalue weighted by atomic mass is 16.3. The van der Waals surface area contributed by atoms with Gasteiger partial charge >= 0.3 is 0 Å². The van der Waals surface area contributed by atoms with Crippen LogP contribution in [0.5, 0.6) is 0 Å². The maximum absolute atomic E-state index is 10.7. The molecule has 1 aliphatic rings. The Balaban J connectivity index is 2.62. The van der Waals surface area contributed by atoms with Crippen molar-refractivity contribution in [2.75, 3.05) is 26.7 Å². The Morgan fingerprint density at radius 3 is 3.08 bits per heavy atom. The molecule has 1 unspecified atom stereocenters. The molecule has 0 saturated heterocycles. The number of aliphatic hydroxyl groups excluding tert-OH is 1. The highest BCUT2D eigenvalue weighted by molar-refractivity contribution is 5.57. The second-order valence-corrected chi connectivity index (χ2v) is 2.84. The molecule has 0 aliphatic carbocycles. The van der Waals surface area contributed by atoms with Crippen molar-refractivity contribution in [1.82, 2.24) is 9.80 Å². The van der Waals surface area contributed by atoms with Crippen LogP contribution in [0.2, 0.25) is 0 Å². The number of hydrogen-bond donors (Lipinski definition) is 1. The third kappa shape index (κ3) is 1.84. The van der Waals surface area contributed by atoms with Crippen molar-refractivity contribution in [1.29, 1.82) is 0 Å². The zero-order chi connectivity index (χ0) is 8.97. The van der Waals surface area contributed by atoms with Crippen LogP contribution in [0.1, 0.15) is 0 Å². The average Bonchev–Trinajstić information content (AvgIpc) is 2.05. The summed E-state index contributed by atoms with van der Waals surface area (Å²) in [4.78, 5) is 14.4. The van der Waals surface area contributed by atoms with E-state index in [1.807, 2.05) is 29.1 Å². The van der Waals surface area contributed by atoms with Gasteiger partial charge in [-0.1, -0.05) is 6.08 Å². The molecule has 0 aromatic rings. The molecule has 1 aliphatic heterocycles. The van der Waals surface area contributed by atoms with Gasteiger partial charge in [-0.05, 0) is 13.2 Å². The van der Waals surface area contributed by atoms with Crippen LogP contribution >= 0.6 is 0 Å². The summed E-state index contributed by atoms with van der Waals surface area (Å²) >= 11 is 0. The Hall–Kier alpha value is -0.870. The summed E-state index contributed by atoms with van der Waals surface area (Å²) in [5.41, 5.74) is 0. The summed E-state index contributed by atoms with van der Waals surface area (Å²) in [6.07, 6.45) is 4.49. The molecule has 68 valence electrons. The number of hydrogen-bond acceptors (Lipinski definition) is 4. The van der Waals surface area contributed by atoms with Gasteiger partial charge in [-0.15, -0.1) is 0 Å². The fourth-order valence-corrected chi connectivity index (χ4v) is 1.30. The van der Waals surface area contributed by atoms with E-state index in [2.05, 4.69) is 0 Å². The lowest BCUT2D eigenvalue weighted by Gasteiger charge is -2.35. The molecule has 1 N–H and O–H groups in total. The minimum atomic E-state index is -0.220. The topological polar surface area (TPSA) is 43.8 Å². The summed E-state index contributed by atoms with van der Waals surface area (Å²) in [5, 5.41) is 8.71. The lowest BCUT2D eigenvalue weighted by molar-refractivity contribution is -0.117. The van der Waals surface area contributed by atoms with Crippen molar-refractivity contribution in [2.24, 2.45) is 0 Å². The van der Waals surface area contributed by atoms with Crippen LogP contribution in [0.3, 0.4) is 0 Å². The highest BCUT2D eigenvalue weighted by Crippen LogP contribution is 2.07. The Kier molecular flexibility index (Phi) is 3.25. The van der Waals surface area contributed by atoms with Crippen molar-refractivity contribution in [3.8, 4) is 0 Å². The molecule has 12 heavy (non-hydrogen) atoms. The summed E-state index contributed by atoms with van der Waals surface area (Å²) in [7, 11) is 1.88. The van der Waals surface area contributed by atoms with E-state index in [-0.39, 0.29) is 12.8 Å². The van der Waals surface area contributed by atoms with Gasteiger partial charge in [-0.2, -0.15) is 0 Å². The van der Waals surface area contributed by atoms with E-state index in [1.54, 1.807) is 0 Å². The molecular formula is C8H14N2O2. The molecule has 0 radical (unpaired) electrons. The second-order valence-electron chi connectivity index (χ2n) is 2.84. The fourth-order valence-electron chi connectivity index (χ4n) is 1.30. The molecule has 4 nitrogen and oxygen atoms in total. The first-order chi connectivity index (χ1) is 5.79. The van der Waals surface area contributed by atoms with Crippen LogP contribution in [0.4, 0.5) is 0 Å². The van der Waals surface area contributed by atoms with E-state index in [0.29, 0.717) is 6.54 Å². The second kappa shape index (κ2) is 4.23. The van der Waals surface area contributed by atoms with Crippen LogP contribution in [-0.4, -0.2) is 54.1 Å². The first-order valence-corrected chi connectivity index (χ1v) is 3.98. The van der Waals surface area contributed by atoms with Crippen LogP contribution in [0, 0.1) is 0 Å². The molecule has 0 bridgehead atoms. The molecular weight excluding hydrogens is 156 g/mol. The van der Waals surface area contributed by atoms with Crippen LogP contribution in [0.25, 0.3) is 0 Å². The van der Waals surface area contributed by atoms with Crippen molar-refractivity contribution in [2.45, 2.75) is 6.17 Å². The molecule has 0 spiro atoms. The Bertz CT molecular complexity index is 182. The van der Waals surface area contributed by atoms with Gasteiger partial charge in [0.1, 0.15) is 6.17 Å². The lowest BCUT2D eigenvalue weighted by Crippen LogP contribution is -2.48. The Morgan fingerprint density at radius 1 is 1.75 bits per heavy atom. The minimum Gasteiger partial charge on any atom is -0.395 e. The molecule has 4 heteroatoms. The molecule has 0 saturated carbocycles. The molecule has 0 aromatic heterocycles. The van der Waals surface area contributed by atoms with E-state index in [4.69, 9.17) is 5.11 Å². The molecule has 0 aromatic carbocycles. The monoisotopic (exact) mass is 170 g/mol. The number of aliphatic hydroxyl groups is 1. The van der Waals surface area contributed by atoms with E-state index in [0.717, 1.165) is 12.8 Å². The number of nitrogens with zero attached hydrogens (tertiary/aromatic N) is 2. The van der Waals surface area contributed by atoms with Crippen LogP contribution in [0.15, 0.2) is 12.3 Å². The van der Waals surface area contributed by atoms with Crippen LogP contribution in [-0.2, 0) is 4.79 Å². The highest BCUT2D eigenvalue weighted by Gasteiger charge is 2.20. The van der Waals surface area contributed by atoms with Crippen molar-refractivity contribution in [3.63, 3.8) is 0 Å². The van der Waals surface area contributed by atoms with E-state index >= 15 is 0 Å². The summed E-state index contributed by atoms with van der Waals surface area (Å²) in [6, 6.07) is 0. The van der Waals surface area contributed by atoms with Gasteiger partial charge in [0.25, 0.3) is 0 Å². The van der Waals surface area contributed by atoms with Gasteiger partial charge < -0.3 is 10.0 Å². The summed E-state index contributed by atoms with van der Waals surface area (Å²) < 4.78 is 0. The molecule has 1 rings (SSSR count). The van der Waals surface area contributed by atoms with Gasteiger partial charge in [0, 0.05) is 13.1 Å². The zero-order valence-electron chi connectivity index (χ0n) is 7.18. The number of β-amino-alcohol motifs (C(OH)–C–C–N with tert-alkyl or cyclic N) is 1. The fraction of sp³-hybridized carbons (Fsp3) is 0.625. The van der Waals surface area contributed by atoms with Crippen LogP contribution < -0.4 is 0 Å². The van der Waals surface area contributed by atoms with Crippen molar-refractivity contribution < 1.29 is 9.90 Å². The van der Waals surface area contributed by atoms with E-state index < -0.39 is 0 Å². The lowest BCUT2D eigenvalue weighted by atomic mass is 10.3. The van der Waals surface area contributed by atoms with Gasteiger partial charge in [-0.3, -0.25) is 9.69 Å². The summed E-state index contributed by atoms with van der Waals surface area (Å²) in [5.74, 6) is 0. The first-order valence-electron chi connectivity index (χ1n) is 3.98. The number of likely N-dealkylation sites (N-methyl/N-ethyl adjacent to an activating group) is 1. The van der Waals surface area contributed by atoms with Gasteiger partial charge in [0.05, 0.1) is 6.61 Å². The molecule has 1 heterocycles. The van der Waals surface area contributed by atoms with Gasteiger partial charge in [-0.25, -0.2) is 0 Å². The number of rotatable bonds is 3. The third-order valence-electron chi connectivity index (χ3n) is 1.96. The summed E-state index contributed by atoms with van der Waals surface area (Å²) in [6.45, 7) is 1.36. The predicted molar refractivity (Wildman–Crippen MR) is 45.4 cm³/mol. The molecule has 1 atom stereocenters. The first kappa shape index (κ1) is 9.22. The van der Waals surface area contributed by atoms with Gasteiger partial charge in [0.2, 0.25) is 0 Å². The standard InChI is InChI=1S/C8H14N2O2/c1-9-3-2-4-10(5-6-11)8(9)7-12/h2,4,7-8,11H,3,5-6H2,1H3. The quantitative estimate of drug-likeness (QED) is 0.567. The van der Waals surface area contributed by atoms with Gasteiger partial charge in [0.15, 0.2) is 6.29 Å². The van der Waals surface area contributed by atoms with Crippen molar-refractivity contribution >= 4 is 6.29 Å². The number of aldehydes is 1. The molecule has 0 fully saturated rings. The normalized spacial score (nSPS) is 24.5. The number of carbonyl (C=O) groups is 1. The largest absolute Gasteiger partial charge is 0.395 e. The molecule has 0 amide bonds. The predicted octanol–water partition coefficient (Wildman–Crippen LogP) is -0.735. The zero-order valence-corrected chi connectivity index (χ0v) is 7.18.